The van der Waals surface area contributed by atoms with Crippen molar-refractivity contribution < 1.29 is 33.6 Å². The average Bonchev–Trinajstić information content (AvgIpc) is 3.21. The zero-order chi connectivity index (χ0) is 38.6. The second-order valence-electron chi connectivity index (χ2n) is 14.4. The summed E-state index contributed by atoms with van der Waals surface area (Å²) in [6.45, 7) is 2.88. The molecule has 1 saturated heterocycles. The lowest BCUT2D eigenvalue weighted by molar-refractivity contribution is -0.253. The van der Waals surface area contributed by atoms with Gasteiger partial charge >= 0.3 is 0 Å². The number of nitrogens with zero attached hydrogens (tertiary/aromatic N) is 1. The second kappa shape index (κ2) is 19.6. The first-order valence-corrected chi connectivity index (χ1v) is 19.3. The Balaban J connectivity index is 0.985. The van der Waals surface area contributed by atoms with Gasteiger partial charge in [0.05, 0.1) is 44.4 Å². The molecule has 4 aromatic rings. The normalized spacial score (nSPS) is 18.3. The Kier molecular flexibility index (Phi) is 14.2. The zero-order valence-corrected chi connectivity index (χ0v) is 31.9. The number of carbonyl (C=O) groups excluding carboxylic acids is 2. The number of para-hydroxylation sites is 2. The minimum Gasteiger partial charge on any atom is -0.493 e. The summed E-state index contributed by atoms with van der Waals surface area (Å²) in [5.74, 6) is 1.45. The molecule has 5 N–H and O–H groups in total. The number of methoxy groups -OCH3 is 2. The number of aliphatic hydroxyl groups excluding tert-OH is 1. The van der Waals surface area contributed by atoms with Gasteiger partial charge in [-0.3, -0.25) is 14.5 Å². The summed E-state index contributed by atoms with van der Waals surface area (Å²) in [6.07, 6.45) is 4.96. The number of anilines is 2. The zero-order valence-electron chi connectivity index (χ0n) is 31.9. The van der Waals surface area contributed by atoms with Crippen molar-refractivity contribution in [3.63, 3.8) is 0 Å². The van der Waals surface area contributed by atoms with Crippen molar-refractivity contribution in [3.8, 4) is 11.5 Å². The van der Waals surface area contributed by atoms with Crippen LogP contribution in [-0.4, -0.2) is 55.2 Å². The highest BCUT2D eigenvalue weighted by atomic mass is 16.7. The standard InChI is InChI=1S/C44H54N4O7/c1-52-40-23-34-21-22-48(27-35(34)24-41(40)53-2)28-36-25-39(32-17-15-31(29-49)16-18-32)55-44(54-36)33-19-13-30(14-20-33)26-46-42(50)11-5-3-4-6-12-43(51)47-38-10-8-7-9-37(38)45/h7-10,13-20,23-24,36,39,44,49H,3-6,11-12,21-22,25-29,45H2,1-2H3,(H,46,50)(H,47,51)/t36-,39+,44+/m1/s1. The monoisotopic (exact) mass is 750 g/mol. The van der Waals surface area contributed by atoms with E-state index in [0.29, 0.717) is 37.2 Å². The molecule has 4 aromatic carbocycles. The minimum atomic E-state index is -0.561. The van der Waals surface area contributed by atoms with Crippen LogP contribution in [0.25, 0.3) is 0 Å². The van der Waals surface area contributed by atoms with Gasteiger partial charge in [-0.25, -0.2) is 0 Å². The van der Waals surface area contributed by atoms with Gasteiger partial charge in [0.15, 0.2) is 17.8 Å². The average molecular weight is 751 g/mol. The third-order valence-corrected chi connectivity index (χ3v) is 10.4. The molecule has 292 valence electrons. The van der Waals surface area contributed by atoms with E-state index >= 15 is 0 Å². The van der Waals surface area contributed by atoms with Gasteiger partial charge in [0, 0.05) is 51.0 Å². The van der Waals surface area contributed by atoms with Crippen LogP contribution in [0.3, 0.4) is 0 Å². The summed E-state index contributed by atoms with van der Waals surface area (Å²) in [4.78, 5) is 27.2. The van der Waals surface area contributed by atoms with Gasteiger partial charge in [0.1, 0.15) is 0 Å². The number of nitrogen functional groups attached to an aromatic ring is 1. The number of carbonyl (C=O) groups is 2. The maximum Gasteiger partial charge on any atom is 0.224 e. The van der Waals surface area contributed by atoms with E-state index in [4.69, 9.17) is 24.7 Å². The first-order valence-electron chi connectivity index (χ1n) is 19.3. The first-order chi connectivity index (χ1) is 26.8. The maximum absolute atomic E-state index is 12.6. The van der Waals surface area contributed by atoms with Crippen molar-refractivity contribution >= 4 is 23.2 Å². The molecule has 0 radical (unpaired) electrons. The molecule has 3 atom stereocenters. The third-order valence-electron chi connectivity index (χ3n) is 10.4. The molecule has 0 aliphatic carbocycles. The highest BCUT2D eigenvalue weighted by Crippen LogP contribution is 2.39. The van der Waals surface area contributed by atoms with E-state index in [1.54, 1.807) is 26.4 Å². The van der Waals surface area contributed by atoms with Crippen LogP contribution in [0.2, 0.25) is 0 Å². The minimum absolute atomic E-state index is 0.00590. The van der Waals surface area contributed by atoms with Crippen LogP contribution >= 0.6 is 0 Å². The number of ether oxygens (including phenoxy) is 4. The van der Waals surface area contributed by atoms with Crippen LogP contribution in [0.15, 0.2) is 84.9 Å². The number of hydrogen-bond acceptors (Lipinski definition) is 9. The van der Waals surface area contributed by atoms with Gasteiger partial charge in [-0.1, -0.05) is 73.5 Å². The molecule has 0 unspecified atom stereocenters. The third kappa shape index (κ3) is 11.1. The molecule has 2 aliphatic rings. The predicted molar refractivity (Wildman–Crippen MR) is 212 cm³/mol. The van der Waals surface area contributed by atoms with Crippen LogP contribution in [0, 0.1) is 0 Å². The van der Waals surface area contributed by atoms with Crippen LogP contribution in [0.4, 0.5) is 11.4 Å². The number of aliphatic hydroxyl groups is 1. The van der Waals surface area contributed by atoms with Crippen molar-refractivity contribution in [2.75, 3.05) is 38.4 Å². The topological polar surface area (TPSA) is 145 Å². The Morgan fingerprint density at radius 2 is 1.47 bits per heavy atom. The Morgan fingerprint density at radius 3 is 2.16 bits per heavy atom. The molecule has 6 rings (SSSR count). The van der Waals surface area contributed by atoms with E-state index in [0.717, 1.165) is 85.5 Å². The van der Waals surface area contributed by atoms with Gasteiger partial charge in [-0.2, -0.15) is 0 Å². The molecule has 0 saturated carbocycles. The molecule has 0 bridgehead atoms. The molecule has 11 nitrogen and oxygen atoms in total. The lowest BCUT2D eigenvalue weighted by atomic mass is 9.97. The highest BCUT2D eigenvalue weighted by molar-refractivity contribution is 5.93. The van der Waals surface area contributed by atoms with Gasteiger partial charge in [0.25, 0.3) is 0 Å². The molecular formula is C44H54N4O7. The Hall–Kier alpha value is -4.94. The SMILES string of the molecule is COc1cc2c(cc1OC)CN(C[C@H]1C[C@@H](c3ccc(CO)cc3)O[C@@H](c3ccc(CNC(=O)CCCCCCC(=O)Nc4ccccc4N)cc3)O1)CC2. The summed E-state index contributed by atoms with van der Waals surface area (Å²) >= 11 is 0. The number of unbranched alkanes of at least 4 members (excludes halogenated alkanes) is 3. The summed E-state index contributed by atoms with van der Waals surface area (Å²) in [7, 11) is 3.33. The highest BCUT2D eigenvalue weighted by Gasteiger charge is 2.34. The number of amides is 2. The molecule has 0 spiro atoms. The van der Waals surface area contributed by atoms with Crippen molar-refractivity contribution in [1.82, 2.24) is 10.2 Å². The van der Waals surface area contributed by atoms with E-state index in [2.05, 4.69) is 27.7 Å². The predicted octanol–water partition coefficient (Wildman–Crippen LogP) is 6.98. The molecule has 0 aromatic heterocycles. The number of fused-ring (bicyclic) bond motifs is 1. The van der Waals surface area contributed by atoms with Gasteiger partial charge in [-0.15, -0.1) is 0 Å². The maximum atomic E-state index is 12.6. The summed E-state index contributed by atoms with van der Waals surface area (Å²) in [5.41, 5.74) is 13.4. The lowest BCUT2D eigenvalue weighted by Gasteiger charge is -2.39. The fraction of sp³-hybridized carbons (Fsp3) is 0.409. The lowest BCUT2D eigenvalue weighted by Crippen LogP contribution is -2.41. The fourth-order valence-electron chi connectivity index (χ4n) is 7.25. The van der Waals surface area contributed by atoms with Gasteiger partial charge in [-0.05, 0) is 71.3 Å². The Bertz CT molecular complexity index is 1870. The van der Waals surface area contributed by atoms with Crippen LogP contribution < -0.4 is 25.8 Å². The van der Waals surface area contributed by atoms with Crippen molar-refractivity contribution in [1.29, 1.82) is 0 Å². The van der Waals surface area contributed by atoms with E-state index in [1.165, 1.54) is 11.1 Å². The molecule has 2 amide bonds. The molecular weight excluding hydrogens is 697 g/mol. The van der Waals surface area contributed by atoms with E-state index in [-0.39, 0.29) is 30.6 Å². The van der Waals surface area contributed by atoms with Crippen molar-refractivity contribution in [3.05, 3.63) is 118 Å². The molecule has 1 fully saturated rings. The molecule has 2 aliphatic heterocycles. The summed E-state index contributed by atoms with van der Waals surface area (Å²) in [6, 6.07) is 27.4. The van der Waals surface area contributed by atoms with Gasteiger partial charge in [0.2, 0.25) is 11.8 Å². The van der Waals surface area contributed by atoms with Crippen LogP contribution in [0.5, 0.6) is 11.5 Å². The number of rotatable bonds is 17. The molecule has 11 heteroatoms. The van der Waals surface area contributed by atoms with E-state index in [1.807, 2.05) is 60.7 Å². The first kappa shape index (κ1) is 39.7. The number of benzene rings is 4. The van der Waals surface area contributed by atoms with Crippen LogP contribution in [-0.2, 0) is 45.2 Å². The summed E-state index contributed by atoms with van der Waals surface area (Å²) in [5, 5.41) is 15.5. The van der Waals surface area contributed by atoms with E-state index < -0.39 is 6.29 Å². The van der Waals surface area contributed by atoms with Gasteiger partial charge < -0.3 is 40.4 Å². The number of nitrogens with one attached hydrogen (secondary N) is 2. The van der Waals surface area contributed by atoms with Crippen molar-refractivity contribution in [2.45, 2.75) is 89.6 Å². The Labute approximate surface area is 324 Å². The van der Waals surface area contributed by atoms with Crippen molar-refractivity contribution in [2.24, 2.45) is 0 Å². The quantitative estimate of drug-likeness (QED) is 0.0664. The Morgan fingerprint density at radius 1 is 0.818 bits per heavy atom. The molecule has 55 heavy (non-hydrogen) atoms. The van der Waals surface area contributed by atoms with Crippen LogP contribution in [0.1, 0.15) is 90.7 Å². The largest absolute Gasteiger partial charge is 0.493 e. The smallest absolute Gasteiger partial charge is 0.224 e. The fourth-order valence-corrected chi connectivity index (χ4v) is 7.25. The number of hydrogen-bond donors (Lipinski definition) is 4. The molecule has 2 heterocycles. The second-order valence-corrected chi connectivity index (χ2v) is 14.4. The number of nitrogens with two attached hydrogens (primary N) is 1. The summed E-state index contributed by atoms with van der Waals surface area (Å²) < 4.78 is 24.4. The van der Waals surface area contributed by atoms with E-state index in [9.17, 15) is 14.7 Å².